The van der Waals surface area contributed by atoms with E-state index in [0.29, 0.717) is 6.04 Å². The van der Waals surface area contributed by atoms with Gasteiger partial charge in [0, 0.05) is 50.7 Å². The summed E-state index contributed by atoms with van der Waals surface area (Å²) in [5.41, 5.74) is 12.3. The maximum atomic E-state index is 4.92. The van der Waals surface area contributed by atoms with Crippen molar-refractivity contribution in [3.8, 4) is 0 Å². The Labute approximate surface area is 209 Å². The molecular weight excluding hydrogens is 430 g/mol. The van der Waals surface area contributed by atoms with E-state index in [4.69, 9.17) is 5.10 Å². The van der Waals surface area contributed by atoms with E-state index >= 15 is 0 Å². The SMILES string of the molecule is C=C1NN=C2C3=C1CCCC3NC(c1ccc(CN3CCN(CC)CC3)cc1)C2c1ccccc1. The molecule has 0 saturated carbocycles. The molecule has 2 saturated heterocycles. The number of benzene rings is 2. The van der Waals surface area contributed by atoms with Crippen LogP contribution in [-0.4, -0.2) is 54.3 Å². The van der Waals surface area contributed by atoms with E-state index in [2.05, 4.69) is 88.6 Å². The van der Waals surface area contributed by atoms with E-state index in [-0.39, 0.29) is 12.0 Å². The molecule has 0 aromatic heterocycles. The van der Waals surface area contributed by atoms with Gasteiger partial charge in [-0.15, -0.1) is 0 Å². The minimum absolute atomic E-state index is 0.170. The van der Waals surface area contributed by atoms with E-state index in [9.17, 15) is 0 Å². The Morgan fingerprint density at radius 2 is 1.69 bits per heavy atom. The van der Waals surface area contributed by atoms with E-state index in [1.807, 2.05) is 0 Å². The third-order valence-electron chi connectivity index (χ3n) is 8.37. The summed E-state index contributed by atoms with van der Waals surface area (Å²) >= 11 is 0. The molecule has 1 aliphatic carbocycles. The third kappa shape index (κ3) is 4.37. The molecule has 5 nitrogen and oxygen atoms in total. The van der Waals surface area contributed by atoms with Crippen LogP contribution in [0.25, 0.3) is 0 Å². The molecule has 3 atom stereocenters. The van der Waals surface area contributed by atoms with Gasteiger partial charge in [0.2, 0.25) is 0 Å². The van der Waals surface area contributed by atoms with Gasteiger partial charge in [0.1, 0.15) is 0 Å². The second-order valence-electron chi connectivity index (χ2n) is 10.4. The molecule has 4 aliphatic rings. The van der Waals surface area contributed by atoms with Crippen LogP contribution in [0.1, 0.15) is 54.8 Å². The minimum Gasteiger partial charge on any atom is -0.302 e. The zero-order chi connectivity index (χ0) is 23.8. The molecule has 182 valence electrons. The molecular formula is C30H37N5. The molecule has 35 heavy (non-hydrogen) atoms. The van der Waals surface area contributed by atoms with Crippen LogP contribution in [0.5, 0.6) is 0 Å². The van der Waals surface area contributed by atoms with Gasteiger partial charge in [-0.05, 0) is 53.6 Å². The number of hydrogen-bond donors (Lipinski definition) is 2. The molecule has 0 spiro atoms. The lowest BCUT2D eigenvalue weighted by Gasteiger charge is -2.45. The van der Waals surface area contributed by atoms with Crippen molar-refractivity contribution in [2.45, 2.75) is 50.7 Å². The van der Waals surface area contributed by atoms with Gasteiger partial charge in [-0.1, -0.05) is 68.1 Å². The van der Waals surface area contributed by atoms with Crippen LogP contribution in [0, 0.1) is 0 Å². The lowest BCUT2D eigenvalue weighted by Crippen LogP contribution is -2.51. The lowest BCUT2D eigenvalue weighted by molar-refractivity contribution is 0.132. The van der Waals surface area contributed by atoms with Crippen LogP contribution in [0.4, 0.5) is 0 Å². The summed E-state index contributed by atoms with van der Waals surface area (Å²) in [7, 11) is 0. The van der Waals surface area contributed by atoms with Crippen molar-refractivity contribution in [1.29, 1.82) is 0 Å². The molecule has 0 amide bonds. The van der Waals surface area contributed by atoms with Gasteiger partial charge in [0.25, 0.3) is 0 Å². The quantitative estimate of drug-likeness (QED) is 0.676. The number of allylic oxidation sites excluding steroid dienone is 1. The second kappa shape index (κ2) is 9.73. The number of nitrogens with one attached hydrogen (secondary N) is 2. The summed E-state index contributed by atoms with van der Waals surface area (Å²) < 4.78 is 0. The summed E-state index contributed by atoms with van der Waals surface area (Å²) in [6.07, 6.45) is 3.44. The number of nitrogens with zero attached hydrogens (tertiary/aromatic N) is 3. The Morgan fingerprint density at radius 3 is 2.43 bits per heavy atom. The van der Waals surface area contributed by atoms with Crippen LogP contribution in [0.3, 0.4) is 0 Å². The average Bonchev–Trinajstić information content (AvgIpc) is 2.92. The van der Waals surface area contributed by atoms with Crippen molar-refractivity contribution in [3.63, 3.8) is 0 Å². The van der Waals surface area contributed by atoms with Gasteiger partial charge in [-0.3, -0.25) is 10.3 Å². The summed E-state index contributed by atoms with van der Waals surface area (Å²) in [4.78, 5) is 5.12. The van der Waals surface area contributed by atoms with Crippen LogP contribution in [0.15, 0.2) is 83.1 Å². The fourth-order valence-corrected chi connectivity index (χ4v) is 6.40. The summed E-state index contributed by atoms with van der Waals surface area (Å²) in [6.45, 7) is 13.4. The first-order valence-corrected chi connectivity index (χ1v) is 13.3. The zero-order valence-electron chi connectivity index (χ0n) is 20.8. The molecule has 0 radical (unpaired) electrons. The topological polar surface area (TPSA) is 42.9 Å². The Balaban J connectivity index is 1.29. The summed E-state index contributed by atoms with van der Waals surface area (Å²) in [5.74, 6) is 0.170. The van der Waals surface area contributed by atoms with E-state index < -0.39 is 0 Å². The maximum absolute atomic E-state index is 4.92. The smallest absolute Gasteiger partial charge is 0.0752 e. The van der Waals surface area contributed by atoms with Crippen LogP contribution < -0.4 is 10.7 Å². The van der Waals surface area contributed by atoms with Crippen molar-refractivity contribution < 1.29 is 0 Å². The van der Waals surface area contributed by atoms with Crippen molar-refractivity contribution in [2.24, 2.45) is 5.10 Å². The average molecular weight is 468 g/mol. The van der Waals surface area contributed by atoms with Crippen LogP contribution in [-0.2, 0) is 6.54 Å². The van der Waals surface area contributed by atoms with Crippen molar-refractivity contribution in [3.05, 3.63) is 94.7 Å². The molecule has 5 heteroatoms. The predicted molar refractivity (Wildman–Crippen MR) is 143 cm³/mol. The molecule has 6 rings (SSSR count). The third-order valence-corrected chi connectivity index (χ3v) is 8.37. The first kappa shape index (κ1) is 22.7. The monoisotopic (exact) mass is 467 g/mol. The van der Waals surface area contributed by atoms with Gasteiger partial charge < -0.3 is 10.2 Å². The molecule has 0 bridgehead atoms. The van der Waals surface area contributed by atoms with E-state index in [1.165, 1.54) is 53.1 Å². The zero-order valence-corrected chi connectivity index (χ0v) is 20.8. The number of likely N-dealkylation sites (N-methyl/N-ethyl adjacent to an activating group) is 1. The molecule has 3 heterocycles. The van der Waals surface area contributed by atoms with E-state index in [1.54, 1.807) is 0 Å². The maximum Gasteiger partial charge on any atom is 0.0752 e. The second-order valence-corrected chi connectivity index (χ2v) is 10.4. The normalized spacial score (nSPS) is 27.3. The number of hydrogen-bond acceptors (Lipinski definition) is 5. The fourth-order valence-electron chi connectivity index (χ4n) is 6.40. The lowest BCUT2D eigenvalue weighted by atomic mass is 9.70. The Kier molecular flexibility index (Phi) is 6.31. The number of piperidine rings is 1. The highest BCUT2D eigenvalue weighted by Gasteiger charge is 2.43. The predicted octanol–water partition coefficient (Wildman–Crippen LogP) is 4.57. The number of rotatable bonds is 5. The Bertz CT molecular complexity index is 1130. The van der Waals surface area contributed by atoms with Gasteiger partial charge >= 0.3 is 0 Å². The highest BCUT2D eigenvalue weighted by atomic mass is 15.3. The van der Waals surface area contributed by atoms with Gasteiger partial charge in [0.05, 0.1) is 11.4 Å². The number of piperazine rings is 1. The number of hydrazone groups is 1. The molecule has 2 N–H and O–H groups in total. The molecule has 2 aromatic rings. The molecule has 3 unspecified atom stereocenters. The minimum atomic E-state index is 0.170. The van der Waals surface area contributed by atoms with Gasteiger partial charge in [0.15, 0.2) is 0 Å². The standard InChI is InChI=1S/C30H37N5/c1-3-34-16-18-35(19-17-34)20-22-12-14-24(15-13-22)29-27(23-8-5-4-6-9-23)30-28-25(21(2)32-33-30)10-7-11-26(28)31-29/h4-6,8-9,12-15,26-27,29,31-32H,2-3,7,10-11,16-20H2,1H3. The first-order chi connectivity index (χ1) is 17.2. The molecule has 3 aliphatic heterocycles. The van der Waals surface area contributed by atoms with Crippen molar-refractivity contribution in [2.75, 3.05) is 32.7 Å². The van der Waals surface area contributed by atoms with Crippen LogP contribution >= 0.6 is 0 Å². The highest BCUT2D eigenvalue weighted by Crippen LogP contribution is 2.45. The van der Waals surface area contributed by atoms with Crippen LogP contribution in [0.2, 0.25) is 0 Å². The Hall–Kier alpha value is -2.73. The van der Waals surface area contributed by atoms with Crippen molar-refractivity contribution >= 4 is 5.71 Å². The summed E-state index contributed by atoms with van der Waals surface area (Å²) in [5, 5.41) is 8.97. The largest absolute Gasteiger partial charge is 0.302 e. The molecule has 2 aromatic carbocycles. The van der Waals surface area contributed by atoms with Gasteiger partial charge in [-0.25, -0.2) is 0 Å². The fraction of sp³-hybridized carbons (Fsp3) is 0.433. The highest BCUT2D eigenvalue weighted by molar-refractivity contribution is 6.09. The first-order valence-electron chi connectivity index (χ1n) is 13.3. The molecule has 2 fully saturated rings. The van der Waals surface area contributed by atoms with Crippen molar-refractivity contribution in [1.82, 2.24) is 20.5 Å². The Morgan fingerprint density at radius 1 is 0.943 bits per heavy atom. The van der Waals surface area contributed by atoms with Gasteiger partial charge in [-0.2, -0.15) is 5.10 Å². The summed E-state index contributed by atoms with van der Waals surface area (Å²) in [6, 6.07) is 20.8. The van der Waals surface area contributed by atoms with E-state index in [0.717, 1.165) is 44.7 Å².